The van der Waals surface area contributed by atoms with Crippen molar-refractivity contribution in [3.8, 4) is 0 Å². The van der Waals surface area contributed by atoms with Gasteiger partial charge in [0.15, 0.2) is 0 Å². The first kappa shape index (κ1) is 46.7. The SMILES string of the molecule is c1ccc(C2(c3ccccc3)C3=C(c4cc5c(cc42)C2=C(c4ccc6ccccc6c4C2(c2ccccc2)c2ccccc2)C5(c2ccccc2)c2ccccc2)C(c2ccccc2)(c2ccccc2)c2c3ccc3ccccc23)cc1. The molecule has 0 saturated carbocycles. The zero-order chi connectivity index (χ0) is 54.0. The van der Waals surface area contributed by atoms with E-state index in [-0.39, 0.29) is 0 Å². The minimum Gasteiger partial charge on any atom is -0.0622 e. The van der Waals surface area contributed by atoms with E-state index in [2.05, 4.69) is 328 Å². The molecule has 0 heterocycles. The summed E-state index contributed by atoms with van der Waals surface area (Å²) in [6.45, 7) is 0. The number of benzene rings is 13. The van der Waals surface area contributed by atoms with Crippen molar-refractivity contribution in [1.82, 2.24) is 0 Å². The normalized spacial score (nSPS) is 16.1. The maximum absolute atomic E-state index is 2.74. The summed E-state index contributed by atoms with van der Waals surface area (Å²) < 4.78 is 0. The van der Waals surface area contributed by atoms with Gasteiger partial charge in [-0.1, -0.05) is 315 Å². The molecule has 0 aromatic heterocycles. The van der Waals surface area contributed by atoms with E-state index in [4.69, 9.17) is 0 Å². The number of rotatable bonds is 8. The third-order valence-electron chi connectivity index (χ3n) is 19.3. The first-order valence-electron chi connectivity index (χ1n) is 28.9. The van der Waals surface area contributed by atoms with Gasteiger partial charge in [-0.05, 0) is 145 Å². The minimum atomic E-state index is -0.795. The van der Waals surface area contributed by atoms with E-state index in [0.29, 0.717) is 0 Å². The average molecular weight is 1040 g/mol. The molecular formula is C82H54. The zero-order valence-corrected chi connectivity index (χ0v) is 45.2. The molecule has 0 amide bonds. The van der Waals surface area contributed by atoms with E-state index in [1.807, 2.05) is 0 Å². The van der Waals surface area contributed by atoms with Gasteiger partial charge in [-0.15, -0.1) is 0 Å². The van der Waals surface area contributed by atoms with E-state index in [0.717, 1.165) is 0 Å². The molecule has 4 aliphatic carbocycles. The summed E-state index contributed by atoms with van der Waals surface area (Å²) >= 11 is 0. The maximum atomic E-state index is 2.74. The number of hydrogen-bond donors (Lipinski definition) is 0. The summed E-state index contributed by atoms with van der Waals surface area (Å²) in [5.74, 6) is 0. The van der Waals surface area contributed by atoms with Gasteiger partial charge in [-0.25, -0.2) is 0 Å². The van der Waals surface area contributed by atoms with Crippen LogP contribution in [0.15, 0.2) is 328 Å². The molecule has 0 heteroatoms. The lowest BCUT2D eigenvalue weighted by Gasteiger charge is -2.41. The maximum Gasteiger partial charge on any atom is 0.0722 e. The van der Waals surface area contributed by atoms with Crippen molar-refractivity contribution in [2.45, 2.75) is 21.7 Å². The predicted octanol–water partition coefficient (Wildman–Crippen LogP) is 19.2. The largest absolute Gasteiger partial charge is 0.0722 e. The van der Waals surface area contributed by atoms with E-state index in [1.54, 1.807) is 0 Å². The summed E-state index contributed by atoms with van der Waals surface area (Å²) in [6.07, 6.45) is 0. The number of fused-ring (bicyclic) bond motifs is 12. The first-order chi connectivity index (χ1) is 40.7. The molecule has 13 aromatic rings. The lowest BCUT2D eigenvalue weighted by atomic mass is 9.60. The van der Waals surface area contributed by atoms with E-state index in [1.165, 1.54) is 133 Å². The van der Waals surface area contributed by atoms with Gasteiger partial charge < -0.3 is 0 Å². The summed E-state index contributed by atoms with van der Waals surface area (Å²) in [6, 6.07) is 125. The van der Waals surface area contributed by atoms with Crippen molar-refractivity contribution in [2.24, 2.45) is 0 Å². The Morgan fingerprint density at radius 1 is 0.171 bits per heavy atom. The van der Waals surface area contributed by atoms with Crippen LogP contribution in [0.25, 0.3) is 43.8 Å². The van der Waals surface area contributed by atoms with Gasteiger partial charge in [0.1, 0.15) is 0 Å². The van der Waals surface area contributed by atoms with Crippen LogP contribution in [-0.2, 0) is 21.7 Å². The van der Waals surface area contributed by atoms with Gasteiger partial charge in [-0.3, -0.25) is 0 Å². The van der Waals surface area contributed by atoms with Crippen molar-refractivity contribution >= 4 is 43.8 Å². The van der Waals surface area contributed by atoms with Gasteiger partial charge in [0.25, 0.3) is 0 Å². The summed E-state index contributed by atoms with van der Waals surface area (Å²) in [4.78, 5) is 0. The molecule has 0 atom stereocenters. The standard InChI is InChI=1S/C82H54/c1-9-31-57(32-10-1)79(58-33-11-2-12-34-58)71-53-70-72(54-69(71)77-75(79)67-51-49-55-29-25-27-47-65(55)73(67)81(77,61-39-17-5-18-40-61)62-41-19-6-20-42-62)80(59-35-13-3-14-36-59,60-37-15-4-16-38-60)76-68-52-50-56-30-26-28-48-66(56)74(68)82(78(70)76,63-43-21-7-22-44-63)64-45-23-8-24-46-64/h1-54H. The van der Waals surface area contributed by atoms with Crippen LogP contribution in [0.4, 0.5) is 0 Å². The van der Waals surface area contributed by atoms with Gasteiger partial charge in [-0.2, -0.15) is 0 Å². The summed E-state index contributed by atoms with van der Waals surface area (Å²) in [5.41, 5.74) is 22.6. The molecule has 4 aliphatic rings. The molecule has 382 valence electrons. The highest BCUT2D eigenvalue weighted by molar-refractivity contribution is 6.22. The topological polar surface area (TPSA) is 0 Å². The smallest absolute Gasteiger partial charge is 0.0622 e. The molecule has 0 unspecified atom stereocenters. The van der Waals surface area contributed by atoms with Crippen LogP contribution < -0.4 is 0 Å². The fraction of sp³-hybridized carbons (Fsp3) is 0.0488. The third-order valence-corrected chi connectivity index (χ3v) is 19.3. The van der Waals surface area contributed by atoms with Gasteiger partial charge in [0.05, 0.1) is 21.7 Å². The minimum absolute atomic E-state index is 0.761. The van der Waals surface area contributed by atoms with Crippen LogP contribution >= 0.6 is 0 Å². The van der Waals surface area contributed by atoms with Crippen LogP contribution in [0.3, 0.4) is 0 Å². The van der Waals surface area contributed by atoms with Gasteiger partial charge in [0, 0.05) is 0 Å². The fourth-order valence-electron chi connectivity index (χ4n) is 16.5. The van der Waals surface area contributed by atoms with Crippen LogP contribution in [0.2, 0.25) is 0 Å². The molecular weight excluding hydrogens is 985 g/mol. The van der Waals surface area contributed by atoms with Crippen molar-refractivity contribution in [3.63, 3.8) is 0 Å². The lowest BCUT2D eigenvalue weighted by Crippen LogP contribution is -2.33. The number of allylic oxidation sites excluding steroid dienone is 4. The molecule has 0 aliphatic heterocycles. The molecule has 0 spiro atoms. The molecule has 0 nitrogen and oxygen atoms in total. The highest BCUT2D eigenvalue weighted by atomic mass is 14.6. The molecule has 0 fully saturated rings. The second-order valence-electron chi connectivity index (χ2n) is 22.8. The summed E-state index contributed by atoms with van der Waals surface area (Å²) in [7, 11) is 0. The molecule has 0 N–H and O–H groups in total. The Labute approximate surface area is 479 Å². The van der Waals surface area contributed by atoms with Crippen LogP contribution in [0.5, 0.6) is 0 Å². The molecule has 17 rings (SSSR count). The van der Waals surface area contributed by atoms with Crippen molar-refractivity contribution in [3.05, 3.63) is 417 Å². The van der Waals surface area contributed by atoms with Crippen molar-refractivity contribution in [2.75, 3.05) is 0 Å². The Kier molecular flexibility index (Phi) is 10.1. The Hall–Kier alpha value is -10.1. The monoisotopic (exact) mass is 1040 g/mol. The van der Waals surface area contributed by atoms with E-state index in [9.17, 15) is 0 Å². The zero-order valence-electron chi connectivity index (χ0n) is 45.2. The summed E-state index contributed by atoms with van der Waals surface area (Å²) in [5, 5.41) is 5.00. The van der Waals surface area contributed by atoms with Crippen molar-refractivity contribution < 1.29 is 0 Å². The van der Waals surface area contributed by atoms with E-state index < -0.39 is 21.7 Å². The average Bonchev–Trinajstić information content (AvgIpc) is 1.73. The fourth-order valence-corrected chi connectivity index (χ4v) is 16.5. The Morgan fingerprint density at radius 3 is 0.659 bits per heavy atom. The van der Waals surface area contributed by atoms with E-state index >= 15 is 0 Å². The van der Waals surface area contributed by atoms with Gasteiger partial charge in [0.2, 0.25) is 0 Å². The Morgan fingerprint density at radius 2 is 0.390 bits per heavy atom. The quantitative estimate of drug-likeness (QED) is 0.142. The van der Waals surface area contributed by atoms with Crippen LogP contribution in [0, 0.1) is 0 Å². The first-order valence-corrected chi connectivity index (χ1v) is 28.9. The third kappa shape index (κ3) is 5.85. The second-order valence-corrected chi connectivity index (χ2v) is 22.8. The highest BCUT2D eigenvalue weighted by Crippen LogP contribution is 2.75. The van der Waals surface area contributed by atoms with Gasteiger partial charge >= 0.3 is 0 Å². The second kappa shape index (κ2) is 17.7. The highest BCUT2D eigenvalue weighted by Gasteiger charge is 2.64. The molecule has 0 radical (unpaired) electrons. The molecule has 0 bridgehead atoms. The molecule has 82 heavy (non-hydrogen) atoms. The van der Waals surface area contributed by atoms with Crippen LogP contribution in [-0.4, -0.2) is 0 Å². The Balaban J connectivity index is 1.14. The lowest BCUT2D eigenvalue weighted by molar-refractivity contribution is 0.784. The van der Waals surface area contributed by atoms with Crippen molar-refractivity contribution in [1.29, 1.82) is 0 Å². The molecule has 0 saturated heterocycles. The Bertz CT molecular complexity index is 4270. The molecule has 13 aromatic carbocycles. The predicted molar refractivity (Wildman–Crippen MR) is 339 cm³/mol. The number of hydrogen-bond acceptors (Lipinski definition) is 0. The van der Waals surface area contributed by atoms with Crippen LogP contribution in [0.1, 0.15) is 89.0 Å².